The molecule has 0 radical (unpaired) electrons. The van der Waals surface area contributed by atoms with Crippen molar-refractivity contribution in [3.63, 3.8) is 0 Å². The normalized spacial score (nSPS) is 11.6. The third-order valence-corrected chi connectivity index (χ3v) is 2.93. The molecule has 0 fully saturated rings. The first kappa shape index (κ1) is 8.68. The highest BCUT2D eigenvalue weighted by atomic mass is 35.5. The Labute approximate surface area is 90.4 Å². The summed E-state index contributed by atoms with van der Waals surface area (Å²) >= 11 is 6.15. The average Bonchev–Trinajstić information content (AvgIpc) is 2.68. The second kappa shape index (κ2) is 2.70. The fourth-order valence-electron chi connectivity index (χ4n) is 1.81. The van der Waals surface area contributed by atoms with Crippen molar-refractivity contribution in [3.05, 3.63) is 29.0 Å². The van der Waals surface area contributed by atoms with Crippen molar-refractivity contribution in [2.24, 2.45) is 0 Å². The molecule has 0 atom stereocenters. The van der Waals surface area contributed by atoms with Crippen molar-refractivity contribution in [3.8, 4) is 0 Å². The van der Waals surface area contributed by atoms with Crippen molar-refractivity contribution in [1.82, 2.24) is 0 Å². The Morgan fingerprint density at radius 2 is 1.93 bits per heavy atom. The molecule has 1 aromatic carbocycles. The molecule has 2 heterocycles. The van der Waals surface area contributed by atoms with Gasteiger partial charge in [0.1, 0.15) is 16.9 Å². The van der Waals surface area contributed by atoms with Crippen molar-refractivity contribution in [1.29, 1.82) is 0 Å². The van der Waals surface area contributed by atoms with Gasteiger partial charge in [-0.15, -0.1) is 0 Å². The molecular weight excluding hydrogens is 214 g/mol. The van der Waals surface area contributed by atoms with Crippen LogP contribution in [0.4, 0.5) is 5.88 Å². The second-order valence-corrected chi connectivity index (χ2v) is 3.85. The van der Waals surface area contributed by atoms with Gasteiger partial charge in [-0.2, -0.15) is 0 Å². The molecule has 2 aromatic heterocycles. The number of rotatable bonds is 0. The minimum atomic E-state index is 0.382. The number of nitrogens with two attached hydrogens (primary N) is 1. The fourth-order valence-corrected chi connectivity index (χ4v) is 2.04. The van der Waals surface area contributed by atoms with Crippen LogP contribution in [0.15, 0.2) is 27.0 Å². The van der Waals surface area contributed by atoms with E-state index in [4.69, 9.17) is 26.2 Å². The van der Waals surface area contributed by atoms with Gasteiger partial charge in [0.25, 0.3) is 0 Å². The maximum absolute atomic E-state index is 6.15. The van der Waals surface area contributed by atoms with Gasteiger partial charge in [-0.05, 0) is 19.1 Å². The van der Waals surface area contributed by atoms with Gasteiger partial charge in [-0.25, -0.2) is 0 Å². The minimum absolute atomic E-state index is 0.382. The van der Waals surface area contributed by atoms with Gasteiger partial charge in [-0.1, -0.05) is 11.6 Å². The summed E-state index contributed by atoms with van der Waals surface area (Å²) in [6.07, 6.45) is 0. The zero-order chi connectivity index (χ0) is 10.6. The van der Waals surface area contributed by atoms with E-state index in [1.165, 1.54) is 0 Å². The Kier molecular flexibility index (Phi) is 1.56. The summed E-state index contributed by atoms with van der Waals surface area (Å²) in [6.45, 7) is 1.83. The SMILES string of the molecule is Cc1oc2ccc3oc(N)cc3c2c1Cl. The van der Waals surface area contributed by atoms with E-state index in [0.717, 1.165) is 21.9 Å². The Morgan fingerprint density at radius 3 is 2.73 bits per heavy atom. The quantitative estimate of drug-likeness (QED) is 0.629. The summed E-state index contributed by atoms with van der Waals surface area (Å²) < 4.78 is 10.8. The van der Waals surface area contributed by atoms with E-state index >= 15 is 0 Å². The number of nitrogen functional groups attached to an aromatic ring is 1. The Balaban J connectivity index is 2.62. The van der Waals surface area contributed by atoms with Crippen molar-refractivity contribution < 1.29 is 8.83 Å². The molecule has 0 bridgehead atoms. The number of aryl methyl sites for hydroxylation is 1. The van der Waals surface area contributed by atoms with Gasteiger partial charge in [0, 0.05) is 11.5 Å². The van der Waals surface area contributed by atoms with E-state index in [-0.39, 0.29) is 0 Å². The van der Waals surface area contributed by atoms with Crippen LogP contribution >= 0.6 is 11.6 Å². The van der Waals surface area contributed by atoms with Crippen LogP contribution < -0.4 is 5.73 Å². The molecule has 3 rings (SSSR count). The summed E-state index contributed by atoms with van der Waals surface area (Å²) in [5.74, 6) is 1.09. The predicted octanol–water partition coefficient (Wildman–Crippen LogP) is 3.72. The van der Waals surface area contributed by atoms with Crippen LogP contribution in [0, 0.1) is 6.92 Å². The van der Waals surface area contributed by atoms with E-state index < -0.39 is 0 Å². The topological polar surface area (TPSA) is 52.3 Å². The molecule has 3 aromatic rings. The van der Waals surface area contributed by atoms with E-state index in [1.54, 1.807) is 6.07 Å². The summed E-state index contributed by atoms with van der Waals surface area (Å²) in [6, 6.07) is 5.42. The highest BCUT2D eigenvalue weighted by Gasteiger charge is 2.14. The molecule has 0 unspecified atom stereocenters. The number of hydrogen-bond donors (Lipinski definition) is 1. The van der Waals surface area contributed by atoms with Gasteiger partial charge in [0.05, 0.1) is 10.4 Å². The summed E-state index contributed by atoms with van der Waals surface area (Å²) in [7, 11) is 0. The average molecular weight is 222 g/mol. The second-order valence-electron chi connectivity index (χ2n) is 3.47. The number of benzene rings is 1. The molecule has 3 nitrogen and oxygen atoms in total. The summed E-state index contributed by atoms with van der Waals surface area (Å²) in [4.78, 5) is 0. The van der Waals surface area contributed by atoms with E-state index in [9.17, 15) is 0 Å². The standard InChI is InChI=1S/C11H8ClNO2/c1-5-11(12)10-6-4-9(13)15-7(6)2-3-8(10)14-5/h2-4H,13H2,1H3. The fraction of sp³-hybridized carbons (Fsp3) is 0.0909. The maximum atomic E-state index is 6.15. The highest BCUT2D eigenvalue weighted by molar-refractivity contribution is 6.38. The molecule has 4 heteroatoms. The monoisotopic (exact) mass is 221 g/mol. The van der Waals surface area contributed by atoms with Crippen LogP contribution in [-0.4, -0.2) is 0 Å². The highest BCUT2D eigenvalue weighted by Crippen LogP contribution is 2.37. The molecule has 76 valence electrons. The molecular formula is C11H8ClNO2. The molecule has 0 saturated heterocycles. The first-order chi connectivity index (χ1) is 7.16. The van der Waals surface area contributed by atoms with Gasteiger partial charge < -0.3 is 14.6 Å². The lowest BCUT2D eigenvalue weighted by atomic mass is 10.2. The Morgan fingerprint density at radius 1 is 1.20 bits per heavy atom. The van der Waals surface area contributed by atoms with E-state index in [1.807, 2.05) is 19.1 Å². The van der Waals surface area contributed by atoms with E-state index in [0.29, 0.717) is 16.7 Å². The van der Waals surface area contributed by atoms with Crippen LogP contribution in [0.5, 0.6) is 0 Å². The van der Waals surface area contributed by atoms with Crippen LogP contribution in [0.2, 0.25) is 5.02 Å². The third kappa shape index (κ3) is 1.07. The zero-order valence-corrected chi connectivity index (χ0v) is 8.76. The molecule has 0 spiro atoms. The van der Waals surface area contributed by atoms with Crippen molar-refractivity contribution in [2.75, 3.05) is 5.73 Å². The van der Waals surface area contributed by atoms with Crippen LogP contribution in [-0.2, 0) is 0 Å². The first-order valence-corrected chi connectivity index (χ1v) is 4.91. The summed E-state index contributed by atoms with van der Waals surface area (Å²) in [5, 5.41) is 2.38. The number of furan rings is 2. The Hall–Kier alpha value is -1.61. The largest absolute Gasteiger partial charge is 0.460 e. The lowest BCUT2D eigenvalue weighted by Gasteiger charge is -1.89. The van der Waals surface area contributed by atoms with Gasteiger partial charge in [0.2, 0.25) is 0 Å². The number of fused-ring (bicyclic) bond motifs is 3. The minimum Gasteiger partial charge on any atom is -0.460 e. The molecule has 0 amide bonds. The van der Waals surface area contributed by atoms with Crippen molar-refractivity contribution >= 4 is 39.4 Å². The van der Waals surface area contributed by atoms with E-state index in [2.05, 4.69) is 0 Å². The predicted molar refractivity (Wildman–Crippen MR) is 60.1 cm³/mol. The lowest BCUT2D eigenvalue weighted by molar-refractivity contribution is 0.578. The van der Waals surface area contributed by atoms with Crippen LogP contribution in [0.1, 0.15) is 5.76 Å². The molecule has 15 heavy (non-hydrogen) atoms. The van der Waals surface area contributed by atoms with Gasteiger partial charge in [0.15, 0.2) is 5.88 Å². The maximum Gasteiger partial charge on any atom is 0.191 e. The van der Waals surface area contributed by atoms with Gasteiger partial charge in [-0.3, -0.25) is 0 Å². The number of anilines is 1. The number of hydrogen-bond acceptors (Lipinski definition) is 3. The van der Waals surface area contributed by atoms with Crippen LogP contribution in [0.3, 0.4) is 0 Å². The molecule has 0 aliphatic heterocycles. The van der Waals surface area contributed by atoms with Gasteiger partial charge >= 0.3 is 0 Å². The smallest absolute Gasteiger partial charge is 0.191 e. The van der Waals surface area contributed by atoms with Crippen molar-refractivity contribution in [2.45, 2.75) is 6.92 Å². The third-order valence-electron chi connectivity index (χ3n) is 2.47. The molecule has 0 aliphatic rings. The number of halogens is 1. The lowest BCUT2D eigenvalue weighted by Crippen LogP contribution is -1.75. The molecule has 2 N–H and O–H groups in total. The Bertz CT molecular complexity index is 666. The summed E-state index contributed by atoms with van der Waals surface area (Å²) in [5.41, 5.74) is 7.08. The van der Waals surface area contributed by atoms with Crippen LogP contribution in [0.25, 0.3) is 21.9 Å². The molecule has 0 saturated carbocycles. The molecule has 0 aliphatic carbocycles. The first-order valence-electron chi connectivity index (χ1n) is 4.53. The zero-order valence-electron chi connectivity index (χ0n) is 8.00.